The standard InChI is InChI=1S/C22H23N3O3/c1-2-27-19-12-10-17(11-13-19)22(26)25-14-6-9-18(15-25)21-24-23-20(28-21)16-7-4-3-5-8-16/h3-5,7-8,10-13,18H,2,6,9,14-15H2,1H3/t18-/m1/s1. The van der Waals surface area contributed by atoms with Crippen LogP contribution in [0.25, 0.3) is 11.5 Å². The van der Waals surface area contributed by atoms with E-state index in [1.54, 1.807) is 0 Å². The summed E-state index contributed by atoms with van der Waals surface area (Å²) in [6.07, 6.45) is 1.85. The fourth-order valence-corrected chi connectivity index (χ4v) is 3.50. The molecule has 1 aliphatic rings. The highest BCUT2D eigenvalue weighted by Crippen LogP contribution is 2.29. The van der Waals surface area contributed by atoms with Gasteiger partial charge in [-0.25, -0.2) is 0 Å². The Kier molecular flexibility index (Phi) is 5.37. The third kappa shape index (κ3) is 3.91. The van der Waals surface area contributed by atoms with E-state index in [4.69, 9.17) is 9.15 Å². The number of carbonyl (C=O) groups is 1. The van der Waals surface area contributed by atoms with Crippen molar-refractivity contribution in [1.29, 1.82) is 0 Å². The van der Waals surface area contributed by atoms with Gasteiger partial charge in [-0.05, 0) is 56.2 Å². The number of rotatable bonds is 5. The quantitative estimate of drug-likeness (QED) is 0.668. The average Bonchev–Trinajstić information content (AvgIpc) is 3.25. The Morgan fingerprint density at radius 2 is 1.93 bits per heavy atom. The molecule has 1 aliphatic heterocycles. The van der Waals surface area contributed by atoms with Crippen molar-refractivity contribution in [2.45, 2.75) is 25.7 Å². The van der Waals surface area contributed by atoms with E-state index in [2.05, 4.69) is 10.2 Å². The molecular formula is C22H23N3O3. The van der Waals surface area contributed by atoms with Gasteiger partial charge >= 0.3 is 0 Å². The molecular weight excluding hydrogens is 354 g/mol. The van der Waals surface area contributed by atoms with Crippen molar-refractivity contribution in [1.82, 2.24) is 15.1 Å². The number of amides is 1. The molecule has 6 heteroatoms. The zero-order chi connectivity index (χ0) is 19.3. The van der Waals surface area contributed by atoms with Gasteiger partial charge in [-0.15, -0.1) is 10.2 Å². The summed E-state index contributed by atoms with van der Waals surface area (Å²) in [4.78, 5) is 14.8. The second kappa shape index (κ2) is 8.25. The molecule has 144 valence electrons. The molecule has 28 heavy (non-hydrogen) atoms. The van der Waals surface area contributed by atoms with Crippen LogP contribution < -0.4 is 4.74 Å². The van der Waals surface area contributed by atoms with Crippen molar-refractivity contribution in [2.24, 2.45) is 0 Å². The molecule has 0 radical (unpaired) electrons. The van der Waals surface area contributed by atoms with E-state index in [0.29, 0.717) is 30.5 Å². The van der Waals surface area contributed by atoms with Crippen LogP contribution in [0.3, 0.4) is 0 Å². The molecule has 1 aromatic heterocycles. The molecule has 3 aromatic rings. The Hall–Kier alpha value is -3.15. The molecule has 1 amide bonds. The Morgan fingerprint density at radius 1 is 1.14 bits per heavy atom. The second-order valence-electron chi connectivity index (χ2n) is 6.86. The van der Waals surface area contributed by atoms with E-state index in [-0.39, 0.29) is 11.8 Å². The number of nitrogens with zero attached hydrogens (tertiary/aromatic N) is 3. The predicted molar refractivity (Wildman–Crippen MR) is 105 cm³/mol. The van der Waals surface area contributed by atoms with Gasteiger partial charge in [0.05, 0.1) is 12.5 Å². The average molecular weight is 377 g/mol. The highest BCUT2D eigenvalue weighted by molar-refractivity contribution is 5.94. The summed E-state index contributed by atoms with van der Waals surface area (Å²) in [6, 6.07) is 17.0. The maximum Gasteiger partial charge on any atom is 0.253 e. The maximum atomic E-state index is 12.9. The molecule has 0 aliphatic carbocycles. The molecule has 6 nitrogen and oxygen atoms in total. The molecule has 0 spiro atoms. The van der Waals surface area contributed by atoms with Crippen LogP contribution in [0.15, 0.2) is 59.0 Å². The van der Waals surface area contributed by atoms with Crippen LogP contribution >= 0.6 is 0 Å². The van der Waals surface area contributed by atoms with Gasteiger partial charge in [-0.3, -0.25) is 4.79 Å². The molecule has 1 fully saturated rings. The lowest BCUT2D eigenvalue weighted by atomic mass is 9.97. The second-order valence-corrected chi connectivity index (χ2v) is 6.86. The summed E-state index contributed by atoms with van der Waals surface area (Å²) in [5.74, 6) is 1.98. The minimum atomic E-state index is 0.0237. The normalized spacial score (nSPS) is 16.8. The van der Waals surface area contributed by atoms with Crippen LogP contribution in [0.2, 0.25) is 0 Å². The molecule has 2 aromatic carbocycles. The van der Waals surface area contributed by atoms with Crippen LogP contribution in [0.1, 0.15) is 41.9 Å². The van der Waals surface area contributed by atoms with Crippen molar-refractivity contribution in [3.05, 3.63) is 66.1 Å². The number of hydrogen-bond donors (Lipinski definition) is 0. The summed E-state index contributed by atoms with van der Waals surface area (Å²) >= 11 is 0. The van der Waals surface area contributed by atoms with Gasteiger partial charge in [0.2, 0.25) is 11.8 Å². The predicted octanol–water partition coefficient (Wildman–Crippen LogP) is 4.16. The van der Waals surface area contributed by atoms with E-state index in [1.165, 1.54) is 0 Å². The summed E-state index contributed by atoms with van der Waals surface area (Å²) in [7, 11) is 0. The summed E-state index contributed by atoms with van der Waals surface area (Å²) in [5.41, 5.74) is 1.57. The maximum absolute atomic E-state index is 12.9. The minimum Gasteiger partial charge on any atom is -0.494 e. The first-order valence-electron chi connectivity index (χ1n) is 9.65. The van der Waals surface area contributed by atoms with Crippen LogP contribution in [0.4, 0.5) is 0 Å². The largest absolute Gasteiger partial charge is 0.494 e. The molecule has 2 heterocycles. The van der Waals surface area contributed by atoms with Crippen molar-refractivity contribution in [3.63, 3.8) is 0 Å². The first kappa shape index (κ1) is 18.2. The highest BCUT2D eigenvalue weighted by Gasteiger charge is 2.29. The fourth-order valence-electron chi connectivity index (χ4n) is 3.50. The SMILES string of the molecule is CCOc1ccc(C(=O)N2CCC[C@@H](c3nnc(-c4ccccc4)o3)C2)cc1. The van der Waals surface area contributed by atoms with E-state index in [1.807, 2.05) is 66.4 Å². The fraction of sp³-hybridized carbons (Fsp3) is 0.318. The monoisotopic (exact) mass is 377 g/mol. The number of likely N-dealkylation sites (tertiary alicyclic amines) is 1. The summed E-state index contributed by atoms with van der Waals surface area (Å²) in [6.45, 7) is 3.87. The van der Waals surface area contributed by atoms with Crippen molar-refractivity contribution < 1.29 is 13.9 Å². The highest BCUT2D eigenvalue weighted by atomic mass is 16.5. The van der Waals surface area contributed by atoms with Crippen LogP contribution in [0.5, 0.6) is 5.75 Å². The zero-order valence-electron chi connectivity index (χ0n) is 15.9. The van der Waals surface area contributed by atoms with Crippen molar-refractivity contribution in [2.75, 3.05) is 19.7 Å². The lowest BCUT2D eigenvalue weighted by molar-refractivity contribution is 0.0698. The molecule has 0 saturated carbocycles. The molecule has 0 unspecified atom stereocenters. The van der Waals surface area contributed by atoms with Crippen LogP contribution in [0, 0.1) is 0 Å². The topological polar surface area (TPSA) is 68.5 Å². The smallest absolute Gasteiger partial charge is 0.253 e. The number of aromatic nitrogens is 2. The Bertz CT molecular complexity index is 922. The third-order valence-electron chi connectivity index (χ3n) is 4.93. The van der Waals surface area contributed by atoms with E-state index >= 15 is 0 Å². The van der Waals surface area contributed by atoms with Gasteiger partial charge in [0, 0.05) is 24.2 Å². The summed E-state index contributed by atoms with van der Waals surface area (Å²) < 4.78 is 11.4. The van der Waals surface area contributed by atoms with Gasteiger partial charge in [-0.2, -0.15) is 0 Å². The molecule has 0 bridgehead atoms. The molecule has 1 atom stereocenters. The van der Waals surface area contributed by atoms with Crippen LogP contribution in [-0.2, 0) is 0 Å². The third-order valence-corrected chi connectivity index (χ3v) is 4.93. The van der Waals surface area contributed by atoms with Crippen molar-refractivity contribution >= 4 is 5.91 Å². The Morgan fingerprint density at radius 3 is 2.68 bits per heavy atom. The van der Waals surface area contributed by atoms with Gasteiger partial charge in [0.25, 0.3) is 5.91 Å². The molecule has 4 rings (SSSR count). The molecule has 0 N–H and O–H groups in total. The number of benzene rings is 2. The van der Waals surface area contributed by atoms with Crippen LogP contribution in [-0.4, -0.2) is 40.7 Å². The minimum absolute atomic E-state index is 0.0237. The summed E-state index contributed by atoms with van der Waals surface area (Å²) in [5, 5.41) is 8.43. The number of piperidine rings is 1. The Balaban J connectivity index is 1.45. The van der Waals surface area contributed by atoms with E-state index in [9.17, 15) is 4.79 Å². The van der Waals surface area contributed by atoms with Gasteiger partial charge in [-0.1, -0.05) is 18.2 Å². The first-order valence-corrected chi connectivity index (χ1v) is 9.65. The van der Waals surface area contributed by atoms with Gasteiger partial charge in [0.15, 0.2) is 0 Å². The molecule has 1 saturated heterocycles. The zero-order valence-corrected chi connectivity index (χ0v) is 15.9. The van der Waals surface area contributed by atoms with Gasteiger partial charge < -0.3 is 14.1 Å². The van der Waals surface area contributed by atoms with E-state index in [0.717, 1.165) is 30.7 Å². The van der Waals surface area contributed by atoms with Crippen molar-refractivity contribution in [3.8, 4) is 17.2 Å². The Labute approximate surface area is 164 Å². The van der Waals surface area contributed by atoms with Gasteiger partial charge in [0.1, 0.15) is 5.75 Å². The number of ether oxygens (including phenoxy) is 1. The lowest BCUT2D eigenvalue weighted by Gasteiger charge is -2.31. The lowest BCUT2D eigenvalue weighted by Crippen LogP contribution is -2.39. The number of carbonyl (C=O) groups excluding carboxylic acids is 1. The first-order chi connectivity index (χ1) is 13.7. The van der Waals surface area contributed by atoms with E-state index < -0.39 is 0 Å². The number of hydrogen-bond acceptors (Lipinski definition) is 5.